The third kappa shape index (κ3) is 3.77. The standard InChI is InChI=1S/C20H21N3O4S/c1-13-5-9-17(10-6-13)23-15(3)19(14(2)21-23)22-28(25,26)18-11-7-16(8-12-18)20(24)27-4/h5-12,22H,1-4H3. The Morgan fingerprint density at radius 2 is 1.61 bits per heavy atom. The Labute approximate surface area is 164 Å². The van der Waals surface area contributed by atoms with Crippen LogP contribution in [-0.2, 0) is 14.8 Å². The Balaban J connectivity index is 1.92. The largest absolute Gasteiger partial charge is 0.465 e. The second kappa shape index (κ2) is 7.47. The Bertz CT molecular complexity index is 1120. The molecule has 0 bridgehead atoms. The molecule has 7 nitrogen and oxygen atoms in total. The summed E-state index contributed by atoms with van der Waals surface area (Å²) < 4.78 is 34.5. The number of hydrogen-bond acceptors (Lipinski definition) is 5. The zero-order valence-electron chi connectivity index (χ0n) is 16.1. The zero-order chi connectivity index (χ0) is 20.5. The minimum Gasteiger partial charge on any atom is -0.465 e. The van der Waals surface area contributed by atoms with Gasteiger partial charge >= 0.3 is 5.97 Å². The Morgan fingerprint density at radius 3 is 2.18 bits per heavy atom. The van der Waals surface area contributed by atoms with Gasteiger partial charge in [0.15, 0.2) is 0 Å². The van der Waals surface area contributed by atoms with Crippen LogP contribution in [0, 0.1) is 20.8 Å². The van der Waals surface area contributed by atoms with Gasteiger partial charge in [-0.3, -0.25) is 4.72 Å². The number of carbonyl (C=O) groups excluding carboxylic acids is 1. The molecule has 3 rings (SSSR count). The first-order valence-corrected chi connectivity index (χ1v) is 10.1. The van der Waals surface area contributed by atoms with E-state index in [1.165, 1.54) is 31.4 Å². The van der Waals surface area contributed by atoms with Crippen molar-refractivity contribution < 1.29 is 17.9 Å². The van der Waals surface area contributed by atoms with Crippen LogP contribution in [0.5, 0.6) is 0 Å². The molecule has 0 aliphatic carbocycles. The average Bonchev–Trinajstić information content (AvgIpc) is 2.96. The minimum atomic E-state index is -3.84. The topological polar surface area (TPSA) is 90.3 Å². The number of esters is 1. The van der Waals surface area contributed by atoms with E-state index in [1.807, 2.05) is 31.2 Å². The highest BCUT2D eigenvalue weighted by molar-refractivity contribution is 7.92. The molecule has 146 valence electrons. The SMILES string of the molecule is COC(=O)c1ccc(S(=O)(=O)Nc2c(C)nn(-c3ccc(C)cc3)c2C)cc1. The number of ether oxygens (including phenoxy) is 1. The van der Waals surface area contributed by atoms with E-state index in [1.54, 1.807) is 18.5 Å². The van der Waals surface area contributed by atoms with Crippen LogP contribution in [0.3, 0.4) is 0 Å². The first kappa shape index (κ1) is 19.6. The Morgan fingerprint density at radius 1 is 1.00 bits per heavy atom. The van der Waals surface area contributed by atoms with Crippen LogP contribution in [0.25, 0.3) is 5.69 Å². The molecule has 0 saturated heterocycles. The van der Waals surface area contributed by atoms with Crippen LogP contribution in [0.2, 0.25) is 0 Å². The van der Waals surface area contributed by atoms with Gasteiger partial charge in [-0.1, -0.05) is 17.7 Å². The quantitative estimate of drug-likeness (QED) is 0.664. The number of nitrogens with zero attached hydrogens (tertiary/aromatic N) is 2. The van der Waals surface area contributed by atoms with Gasteiger partial charge in [0.1, 0.15) is 0 Å². The van der Waals surface area contributed by atoms with E-state index < -0.39 is 16.0 Å². The normalized spacial score (nSPS) is 11.3. The highest BCUT2D eigenvalue weighted by atomic mass is 32.2. The molecule has 0 aliphatic rings. The summed E-state index contributed by atoms with van der Waals surface area (Å²) in [5.41, 5.74) is 3.92. The van der Waals surface area contributed by atoms with Gasteiger partial charge in [0.05, 0.1) is 40.3 Å². The van der Waals surface area contributed by atoms with E-state index in [4.69, 9.17) is 0 Å². The molecular formula is C20H21N3O4S. The average molecular weight is 399 g/mol. The van der Waals surface area contributed by atoms with Crippen molar-refractivity contribution in [2.75, 3.05) is 11.8 Å². The first-order chi connectivity index (χ1) is 13.2. The summed E-state index contributed by atoms with van der Waals surface area (Å²) in [7, 11) is -2.57. The predicted octanol–water partition coefficient (Wildman–Crippen LogP) is 3.38. The third-order valence-corrected chi connectivity index (χ3v) is 5.76. The van der Waals surface area contributed by atoms with Crippen molar-refractivity contribution in [1.29, 1.82) is 0 Å². The Kier molecular flexibility index (Phi) is 5.24. The van der Waals surface area contributed by atoms with E-state index in [0.717, 1.165) is 11.3 Å². The van der Waals surface area contributed by atoms with Crippen LogP contribution in [0.1, 0.15) is 27.3 Å². The smallest absolute Gasteiger partial charge is 0.337 e. The van der Waals surface area contributed by atoms with E-state index in [9.17, 15) is 13.2 Å². The van der Waals surface area contributed by atoms with Gasteiger partial charge in [-0.2, -0.15) is 5.10 Å². The monoisotopic (exact) mass is 399 g/mol. The number of nitrogens with one attached hydrogen (secondary N) is 1. The highest BCUT2D eigenvalue weighted by Gasteiger charge is 2.21. The molecule has 28 heavy (non-hydrogen) atoms. The molecule has 0 spiro atoms. The number of benzene rings is 2. The van der Waals surface area contributed by atoms with Gasteiger partial charge in [0, 0.05) is 0 Å². The molecule has 0 aliphatic heterocycles. The van der Waals surface area contributed by atoms with Crippen molar-refractivity contribution in [3.05, 3.63) is 71.0 Å². The molecule has 3 aromatic rings. The molecule has 0 atom stereocenters. The molecule has 0 saturated carbocycles. The number of rotatable bonds is 5. The molecule has 0 radical (unpaired) electrons. The van der Waals surface area contributed by atoms with Crippen molar-refractivity contribution in [1.82, 2.24) is 9.78 Å². The highest BCUT2D eigenvalue weighted by Crippen LogP contribution is 2.26. The number of anilines is 1. The zero-order valence-corrected chi connectivity index (χ0v) is 16.9. The van der Waals surface area contributed by atoms with Crippen LogP contribution in [0.15, 0.2) is 53.4 Å². The maximum absolute atomic E-state index is 12.8. The lowest BCUT2D eigenvalue weighted by molar-refractivity contribution is 0.0600. The first-order valence-electron chi connectivity index (χ1n) is 8.57. The van der Waals surface area contributed by atoms with Crippen molar-refractivity contribution >= 4 is 21.7 Å². The molecule has 1 heterocycles. The van der Waals surface area contributed by atoms with E-state index in [-0.39, 0.29) is 10.5 Å². The van der Waals surface area contributed by atoms with Crippen molar-refractivity contribution in [3.8, 4) is 5.69 Å². The van der Waals surface area contributed by atoms with Crippen LogP contribution >= 0.6 is 0 Å². The van der Waals surface area contributed by atoms with Crippen molar-refractivity contribution in [3.63, 3.8) is 0 Å². The summed E-state index contributed by atoms with van der Waals surface area (Å²) in [4.78, 5) is 11.6. The number of hydrogen-bond donors (Lipinski definition) is 1. The molecule has 0 unspecified atom stereocenters. The molecule has 0 amide bonds. The van der Waals surface area contributed by atoms with Gasteiger partial charge in [-0.15, -0.1) is 0 Å². The predicted molar refractivity (Wildman–Crippen MR) is 106 cm³/mol. The lowest BCUT2D eigenvalue weighted by Crippen LogP contribution is -2.14. The number of aromatic nitrogens is 2. The number of methoxy groups -OCH3 is 1. The summed E-state index contributed by atoms with van der Waals surface area (Å²) in [6.07, 6.45) is 0. The lowest BCUT2D eigenvalue weighted by Gasteiger charge is -2.10. The number of aryl methyl sites for hydroxylation is 2. The van der Waals surface area contributed by atoms with Gasteiger partial charge in [0.25, 0.3) is 10.0 Å². The summed E-state index contributed by atoms with van der Waals surface area (Å²) in [5, 5.41) is 4.46. The second-order valence-corrected chi connectivity index (χ2v) is 8.10. The lowest BCUT2D eigenvalue weighted by atomic mass is 10.2. The molecule has 0 fully saturated rings. The summed E-state index contributed by atoms with van der Waals surface area (Å²) in [6, 6.07) is 13.4. The van der Waals surface area contributed by atoms with Crippen molar-refractivity contribution in [2.24, 2.45) is 0 Å². The fourth-order valence-corrected chi connectivity index (χ4v) is 3.99. The minimum absolute atomic E-state index is 0.0436. The van der Waals surface area contributed by atoms with Crippen molar-refractivity contribution in [2.45, 2.75) is 25.7 Å². The maximum atomic E-state index is 12.8. The van der Waals surface area contributed by atoms with E-state index in [0.29, 0.717) is 17.1 Å². The van der Waals surface area contributed by atoms with Crippen LogP contribution in [0.4, 0.5) is 5.69 Å². The number of sulfonamides is 1. The number of carbonyl (C=O) groups is 1. The molecule has 2 aromatic carbocycles. The van der Waals surface area contributed by atoms with Gasteiger partial charge in [-0.05, 0) is 57.2 Å². The van der Waals surface area contributed by atoms with Gasteiger partial charge in [-0.25, -0.2) is 17.9 Å². The molecule has 8 heteroatoms. The van der Waals surface area contributed by atoms with Crippen LogP contribution < -0.4 is 4.72 Å². The van der Waals surface area contributed by atoms with E-state index >= 15 is 0 Å². The summed E-state index contributed by atoms with van der Waals surface area (Å²) >= 11 is 0. The summed E-state index contributed by atoms with van der Waals surface area (Å²) in [5.74, 6) is -0.525. The van der Waals surface area contributed by atoms with Crippen LogP contribution in [-0.4, -0.2) is 31.3 Å². The second-order valence-electron chi connectivity index (χ2n) is 6.41. The maximum Gasteiger partial charge on any atom is 0.337 e. The van der Waals surface area contributed by atoms with Gasteiger partial charge in [0.2, 0.25) is 0 Å². The fraction of sp³-hybridized carbons (Fsp3) is 0.200. The molecule has 1 N–H and O–H groups in total. The summed E-state index contributed by atoms with van der Waals surface area (Å²) in [6.45, 7) is 5.55. The molecular weight excluding hydrogens is 378 g/mol. The van der Waals surface area contributed by atoms with E-state index in [2.05, 4.69) is 14.6 Å². The third-order valence-electron chi connectivity index (χ3n) is 4.39. The fourth-order valence-electron chi connectivity index (χ4n) is 2.81. The Hall–Kier alpha value is -3.13. The molecule has 1 aromatic heterocycles. The van der Waals surface area contributed by atoms with Gasteiger partial charge < -0.3 is 4.74 Å².